The monoisotopic (exact) mass is 306 g/mol. The van der Waals surface area contributed by atoms with E-state index in [1.807, 2.05) is 4.90 Å². The molecule has 6 nitrogen and oxygen atoms in total. The van der Waals surface area contributed by atoms with Crippen molar-refractivity contribution in [2.75, 3.05) is 40.5 Å². The van der Waals surface area contributed by atoms with E-state index < -0.39 is 0 Å². The Morgan fingerprint density at radius 3 is 2.68 bits per heavy atom. The average molecular weight is 306 g/mol. The van der Waals surface area contributed by atoms with E-state index in [1.165, 1.54) is 0 Å². The molecule has 1 aliphatic heterocycles. The number of hydrogen-bond donors (Lipinski definition) is 0. The topological polar surface area (TPSA) is 60.4 Å². The summed E-state index contributed by atoms with van der Waals surface area (Å²) in [5, 5.41) is 0. The number of hydrogen-bond acceptors (Lipinski definition) is 4. The van der Waals surface area contributed by atoms with Crippen LogP contribution in [0.15, 0.2) is 29.3 Å². The summed E-state index contributed by atoms with van der Waals surface area (Å²) >= 11 is 0. The van der Waals surface area contributed by atoms with Gasteiger partial charge in [-0.3, -0.25) is 4.79 Å². The Labute approximate surface area is 130 Å². The molecule has 0 unspecified atom stereocenters. The number of aliphatic imine (C=N–C) groups is 1. The number of amides is 1. The molecule has 1 fully saturated rings. The van der Waals surface area contributed by atoms with Gasteiger partial charge in [0.1, 0.15) is 12.4 Å². The van der Waals surface area contributed by atoms with Crippen LogP contribution in [0.4, 0.5) is 0 Å². The highest BCUT2D eigenvalue weighted by molar-refractivity contribution is 6.01. The zero-order chi connectivity index (χ0) is 15.8. The van der Waals surface area contributed by atoms with Crippen LogP contribution < -0.4 is 4.74 Å². The number of amidine groups is 1. The second kappa shape index (κ2) is 8.38. The molecule has 0 aromatic heterocycles. The first-order chi connectivity index (χ1) is 10.7. The van der Waals surface area contributed by atoms with Gasteiger partial charge < -0.3 is 19.1 Å². The fourth-order valence-corrected chi connectivity index (χ4v) is 2.23. The van der Waals surface area contributed by atoms with E-state index >= 15 is 0 Å². The molecular weight excluding hydrogens is 284 g/mol. The molecule has 0 saturated carbocycles. The highest BCUT2D eigenvalue weighted by Gasteiger charge is 2.19. The van der Waals surface area contributed by atoms with E-state index in [2.05, 4.69) is 4.99 Å². The first-order valence-electron chi connectivity index (χ1n) is 7.38. The van der Waals surface area contributed by atoms with E-state index in [4.69, 9.17) is 14.2 Å². The highest BCUT2D eigenvalue weighted by Crippen LogP contribution is 2.15. The number of rotatable bonds is 5. The molecule has 1 aromatic rings. The molecule has 6 heteroatoms. The largest absolute Gasteiger partial charge is 0.497 e. The fraction of sp³-hybridized carbons (Fsp3) is 0.500. The molecule has 1 amide bonds. The molecule has 0 N–H and O–H groups in total. The first kappa shape index (κ1) is 16.3. The molecule has 1 heterocycles. The molecule has 1 aromatic carbocycles. The Kier molecular flexibility index (Phi) is 6.21. The zero-order valence-electron chi connectivity index (χ0n) is 13.1. The van der Waals surface area contributed by atoms with E-state index in [0.29, 0.717) is 30.5 Å². The number of methoxy groups -OCH3 is 2. The minimum absolute atomic E-state index is 0.335. The Bertz CT molecular complexity index is 525. The quantitative estimate of drug-likeness (QED) is 0.473. The molecule has 0 radical (unpaired) electrons. The minimum atomic E-state index is -0.335. The number of likely N-dealkylation sites (tertiary alicyclic amines) is 1. The molecule has 1 aliphatic rings. The number of carbonyl (C=O) groups is 1. The third-order valence-corrected chi connectivity index (χ3v) is 3.41. The Morgan fingerprint density at radius 2 is 2.00 bits per heavy atom. The number of carbonyl (C=O) groups excluding carboxylic acids is 1. The van der Waals surface area contributed by atoms with Gasteiger partial charge in [-0.05, 0) is 31.0 Å². The first-order valence-corrected chi connectivity index (χ1v) is 7.38. The minimum Gasteiger partial charge on any atom is -0.497 e. The van der Waals surface area contributed by atoms with Crippen molar-refractivity contribution in [2.24, 2.45) is 4.99 Å². The molecule has 0 bridgehead atoms. The maximum absolute atomic E-state index is 12.3. The van der Waals surface area contributed by atoms with Gasteiger partial charge in [-0.15, -0.1) is 0 Å². The highest BCUT2D eigenvalue weighted by atomic mass is 16.5. The third-order valence-electron chi connectivity index (χ3n) is 3.41. The van der Waals surface area contributed by atoms with Gasteiger partial charge in [0.15, 0.2) is 0 Å². The SMILES string of the molecule is COCCOC(=NC(=O)c1cccc(OC)c1)N1CCCC1. The summed E-state index contributed by atoms with van der Waals surface area (Å²) in [6, 6.07) is 7.32. The number of nitrogens with zero attached hydrogens (tertiary/aromatic N) is 2. The van der Waals surface area contributed by atoms with Gasteiger partial charge >= 0.3 is 0 Å². The van der Waals surface area contributed by atoms with Gasteiger partial charge in [0.05, 0.1) is 13.7 Å². The maximum Gasteiger partial charge on any atom is 0.295 e. The second-order valence-electron chi connectivity index (χ2n) is 4.97. The van der Waals surface area contributed by atoms with E-state index in [9.17, 15) is 4.79 Å². The van der Waals surface area contributed by atoms with Crippen molar-refractivity contribution in [1.29, 1.82) is 0 Å². The van der Waals surface area contributed by atoms with E-state index in [0.717, 1.165) is 25.9 Å². The summed E-state index contributed by atoms with van der Waals surface area (Å²) in [4.78, 5) is 18.5. The number of ether oxygens (including phenoxy) is 3. The molecule has 0 atom stereocenters. The van der Waals surface area contributed by atoms with Crippen molar-refractivity contribution in [3.8, 4) is 5.75 Å². The van der Waals surface area contributed by atoms with Crippen molar-refractivity contribution in [2.45, 2.75) is 12.8 Å². The lowest BCUT2D eigenvalue weighted by molar-refractivity contribution is 0.0984. The molecule has 0 spiro atoms. The lowest BCUT2D eigenvalue weighted by Crippen LogP contribution is -2.32. The van der Waals surface area contributed by atoms with Crippen molar-refractivity contribution >= 4 is 11.9 Å². The van der Waals surface area contributed by atoms with Crippen LogP contribution in [0.25, 0.3) is 0 Å². The summed E-state index contributed by atoms with van der Waals surface area (Å²) in [6.07, 6.45) is 2.17. The zero-order valence-corrected chi connectivity index (χ0v) is 13.1. The standard InChI is InChI=1S/C16H22N2O4/c1-20-10-11-22-16(18-8-3-4-9-18)17-15(19)13-6-5-7-14(12-13)21-2/h5-7,12H,3-4,8-11H2,1-2H3. The molecule has 0 aliphatic carbocycles. The van der Waals surface area contributed by atoms with Gasteiger partial charge in [0, 0.05) is 25.8 Å². The predicted octanol–water partition coefficient (Wildman–Crippen LogP) is 1.95. The Morgan fingerprint density at radius 1 is 1.23 bits per heavy atom. The van der Waals surface area contributed by atoms with Crippen molar-refractivity contribution < 1.29 is 19.0 Å². The summed E-state index contributed by atoms with van der Waals surface area (Å²) < 4.78 is 15.7. The molecule has 2 rings (SSSR count). The van der Waals surface area contributed by atoms with Gasteiger partial charge in [-0.2, -0.15) is 4.99 Å². The van der Waals surface area contributed by atoms with Crippen LogP contribution in [0.5, 0.6) is 5.75 Å². The Hall–Kier alpha value is -2.08. The lowest BCUT2D eigenvalue weighted by Gasteiger charge is -2.19. The summed E-state index contributed by atoms with van der Waals surface area (Å²) in [5.41, 5.74) is 0.478. The van der Waals surface area contributed by atoms with E-state index in [1.54, 1.807) is 38.5 Å². The van der Waals surface area contributed by atoms with Gasteiger partial charge in [0.25, 0.3) is 11.9 Å². The van der Waals surface area contributed by atoms with Gasteiger partial charge in [0.2, 0.25) is 0 Å². The third kappa shape index (κ3) is 4.46. The van der Waals surface area contributed by atoms with Crippen LogP contribution in [-0.4, -0.2) is 57.4 Å². The molecule has 120 valence electrons. The fourth-order valence-electron chi connectivity index (χ4n) is 2.23. The predicted molar refractivity (Wildman–Crippen MR) is 83.4 cm³/mol. The van der Waals surface area contributed by atoms with Crippen LogP contribution in [0.2, 0.25) is 0 Å². The van der Waals surface area contributed by atoms with Crippen molar-refractivity contribution in [1.82, 2.24) is 4.90 Å². The van der Waals surface area contributed by atoms with Crippen LogP contribution in [0.1, 0.15) is 23.2 Å². The Balaban J connectivity index is 2.13. The van der Waals surface area contributed by atoms with Crippen LogP contribution in [0.3, 0.4) is 0 Å². The summed E-state index contributed by atoms with van der Waals surface area (Å²) in [7, 11) is 3.17. The molecule has 22 heavy (non-hydrogen) atoms. The van der Waals surface area contributed by atoms with Crippen molar-refractivity contribution in [3.05, 3.63) is 29.8 Å². The van der Waals surface area contributed by atoms with Crippen LogP contribution in [-0.2, 0) is 9.47 Å². The van der Waals surface area contributed by atoms with E-state index in [-0.39, 0.29) is 5.91 Å². The average Bonchev–Trinajstić information content (AvgIpc) is 3.08. The summed E-state index contributed by atoms with van der Waals surface area (Å²) in [6.45, 7) is 2.55. The second-order valence-corrected chi connectivity index (χ2v) is 4.97. The van der Waals surface area contributed by atoms with Gasteiger partial charge in [-0.1, -0.05) is 6.07 Å². The van der Waals surface area contributed by atoms with Gasteiger partial charge in [-0.25, -0.2) is 0 Å². The number of benzene rings is 1. The smallest absolute Gasteiger partial charge is 0.295 e. The maximum atomic E-state index is 12.3. The summed E-state index contributed by atoms with van der Waals surface area (Å²) in [5.74, 6) is 0.294. The lowest BCUT2D eigenvalue weighted by atomic mass is 10.2. The van der Waals surface area contributed by atoms with Crippen LogP contribution >= 0.6 is 0 Å². The molecule has 1 saturated heterocycles. The van der Waals surface area contributed by atoms with Crippen LogP contribution in [0, 0.1) is 0 Å². The molecular formula is C16H22N2O4. The van der Waals surface area contributed by atoms with Crippen molar-refractivity contribution in [3.63, 3.8) is 0 Å². The normalized spacial score (nSPS) is 15.0.